The number of likely N-dealkylation sites (N-methyl/N-ethyl adjacent to an activating group) is 1. The summed E-state index contributed by atoms with van der Waals surface area (Å²) in [6, 6.07) is 6.69. The highest BCUT2D eigenvalue weighted by Crippen LogP contribution is 2.33. The number of likely N-dealkylation sites (tertiary alicyclic amines) is 1. The van der Waals surface area contributed by atoms with E-state index >= 15 is 0 Å². The van der Waals surface area contributed by atoms with Gasteiger partial charge in [-0.25, -0.2) is 9.59 Å². The van der Waals surface area contributed by atoms with Gasteiger partial charge in [0, 0.05) is 18.8 Å². The van der Waals surface area contributed by atoms with Crippen molar-refractivity contribution < 1.29 is 19.1 Å². The number of ether oxygens (including phenoxy) is 2. The number of esters is 1. The van der Waals surface area contributed by atoms with Gasteiger partial charge < -0.3 is 14.8 Å². The molecule has 0 spiro atoms. The molecule has 0 aromatic heterocycles. The number of nitrogens with one attached hydrogen (secondary N) is 1. The minimum atomic E-state index is -0.570. The Balaban J connectivity index is 2.08. The third-order valence-corrected chi connectivity index (χ3v) is 5.50. The van der Waals surface area contributed by atoms with Crippen LogP contribution in [0.25, 0.3) is 0 Å². The maximum Gasteiger partial charge on any atom is 0.338 e. The Morgan fingerprint density at radius 3 is 2.62 bits per heavy atom. The quantitative estimate of drug-likeness (QED) is 0.711. The van der Waals surface area contributed by atoms with Crippen LogP contribution in [0.5, 0.6) is 5.75 Å². The molecular formula is C22H31N3O4. The molecule has 7 heteroatoms. The van der Waals surface area contributed by atoms with Crippen LogP contribution in [0.2, 0.25) is 0 Å². The highest BCUT2D eigenvalue weighted by atomic mass is 16.5. The number of nitrogens with zero attached hydrogens (tertiary/aromatic N) is 2. The largest absolute Gasteiger partial charge is 0.497 e. The summed E-state index contributed by atoms with van der Waals surface area (Å²) in [7, 11) is 1.60. The Morgan fingerprint density at radius 2 is 1.97 bits per heavy atom. The molecule has 0 radical (unpaired) electrons. The van der Waals surface area contributed by atoms with E-state index < -0.39 is 6.04 Å². The van der Waals surface area contributed by atoms with Crippen molar-refractivity contribution in [1.82, 2.24) is 15.1 Å². The van der Waals surface area contributed by atoms with Gasteiger partial charge >= 0.3 is 12.0 Å². The first kappa shape index (κ1) is 21.2. The first-order valence-electron chi connectivity index (χ1n) is 10.4. The van der Waals surface area contributed by atoms with Crippen LogP contribution in [0.15, 0.2) is 35.5 Å². The molecule has 7 nitrogen and oxygen atoms in total. The molecule has 158 valence electrons. The van der Waals surface area contributed by atoms with Crippen LogP contribution in [0.3, 0.4) is 0 Å². The van der Waals surface area contributed by atoms with Crippen LogP contribution >= 0.6 is 0 Å². The molecule has 2 heterocycles. The molecule has 1 aromatic carbocycles. The number of hydrogen-bond donors (Lipinski definition) is 1. The lowest BCUT2D eigenvalue weighted by molar-refractivity contribution is -0.139. The summed E-state index contributed by atoms with van der Waals surface area (Å²) in [4.78, 5) is 30.0. The second-order valence-corrected chi connectivity index (χ2v) is 7.32. The van der Waals surface area contributed by atoms with Crippen molar-refractivity contribution in [3.05, 3.63) is 41.1 Å². The molecule has 2 amide bonds. The Hall–Kier alpha value is -2.54. The molecule has 1 aromatic rings. The smallest absolute Gasteiger partial charge is 0.338 e. The zero-order chi connectivity index (χ0) is 20.8. The molecule has 0 bridgehead atoms. The van der Waals surface area contributed by atoms with E-state index in [9.17, 15) is 9.59 Å². The predicted octanol–water partition coefficient (Wildman–Crippen LogP) is 3.08. The number of carbonyl (C=O) groups excluding carboxylic acids is 2. The number of benzene rings is 1. The molecule has 1 fully saturated rings. The third kappa shape index (κ3) is 4.72. The zero-order valence-electron chi connectivity index (χ0n) is 17.6. The van der Waals surface area contributed by atoms with Crippen molar-refractivity contribution in [2.24, 2.45) is 0 Å². The maximum atomic E-state index is 13.0. The summed E-state index contributed by atoms with van der Waals surface area (Å²) in [5, 5.41) is 3.00. The van der Waals surface area contributed by atoms with E-state index in [0.29, 0.717) is 24.4 Å². The molecule has 0 aliphatic carbocycles. The van der Waals surface area contributed by atoms with Crippen molar-refractivity contribution in [3.63, 3.8) is 0 Å². The molecular weight excluding hydrogens is 370 g/mol. The molecule has 0 saturated carbocycles. The van der Waals surface area contributed by atoms with E-state index in [-0.39, 0.29) is 18.6 Å². The molecule has 1 N–H and O–H groups in total. The van der Waals surface area contributed by atoms with Crippen LogP contribution in [0.1, 0.15) is 44.7 Å². The summed E-state index contributed by atoms with van der Waals surface area (Å²) in [5.41, 5.74) is 2.05. The van der Waals surface area contributed by atoms with Gasteiger partial charge in [0.05, 0.1) is 25.3 Å². The van der Waals surface area contributed by atoms with Crippen molar-refractivity contribution >= 4 is 12.0 Å². The first-order valence-corrected chi connectivity index (χ1v) is 10.4. The predicted molar refractivity (Wildman–Crippen MR) is 111 cm³/mol. The fourth-order valence-corrected chi connectivity index (χ4v) is 4.06. The Bertz CT molecular complexity index is 771. The van der Waals surface area contributed by atoms with Gasteiger partial charge in [-0.2, -0.15) is 0 Å². The van der Waals surface area contributed by atoms with Gasteiger partial charge in [-0.1, -0.05) is 18.6 Å². The fourth-order valence-electron chi connectivity index (χ4n) is 4.06. The topological polar surface area (TPSA) is 71.1 Å². The van der Waals surface area contributed by atoms with E-state index in [1.54, 1.807) is 18.9 Å². The van der Waals surface area contributed by atoms with Crippen molar-refractivity contribution in [3.8, 4) is 5.75 Å². The second-order valence-electron chi connectivity index (χ2n) is 7.32. The Labute approximate surface area is 172 Å². The van der Waals surface area contributed by atoms with Crippen LogP contribution in [0.4, 0.5) is 4.79 Å². The van der Waals surface area contributed by atoms with Crippen LogP contribution in [-0.2, 0) is 9.53 Å². The van der Waals surface area contributed by atoms with E-state index in [1.807, 2.05) is 31.2 Å². The number of carbonyl (C=O) groups is 2. The number of piperidine rings is 1. The summed E-state index contributed by atoms with van der Waals surface area (Å²) < 4.78 is 10.8. The number of hydrogen-bond acceptors (Lipinski definition) is 5. The minimum absolute atomic E-state index is 0.194. The summed E-state index contributed by atoms with van der Waals surface area (Å²) in [6.45, 7) is 7.00. The summed E-state index contributed by atoms with van der Waals surface area (Å²) in [6.07, 6.45) is 3.50. The van der Waals surface area contributed by atoms with Crippen molar-refractivity contribution in [2.45, 2.75) is 39.2 Å². The van der Waals surface area contributed by atoms with E-state index in [0.717, 1.165) is 37.2 Å². The highest BCUT2D eigenvalue weighted by molar-refractivity contribution is 5.95. The minimum Gasteiger partial charge on any atom is -0.497 e. The van der Waals surface area contributed by atoms with Crippen LogP contribution < -0.4 is 10.1 Å². The molecule has 2 aliphatic heterocycles. The van der Waals surface area contributed by atoms with E-state index in [2.05, 4.69) is 10.2 Å². The molecule has 2 aliphatic rings. The normalized spacial score (nSPS) is 20.4. The Morgan fingerprint density at radius 1 is 1.21 bits per heavy atom. The van der Waals surface area contributed by atoms with Gasteiger partial charge in [0.25, 0.3) is 0 Å². The lowest BCUT2D eigenvalue weighted by Crippen LogP contribution is -2.51. The fraction of sp³-hybridized carbons (Fsp3) is 0.545. The van der Waals surface area contributed by atoms with Crippen LogP contribution in [0, 0.1) is 0 Å². The highest BCUT2D eigenvalue weighted by Gasteiger charge is 2.38. The zero-order valence-corrected chi connectivity index (χ0v) is 17.6. The number of amides is 2. The second kappa shape index (κ2) is 9.78. The maximum absolute atomic E-state index is 13.0. The summed E-state index contributed by atoms with van der Waals surface area (Å²) >= 11 is 0. The number of rotatable bonds is 7. The lowest BCUT2D eigenvalue weighted by Gasteiger charge is -2.39. The van der Waals surface area contributed by atoms with Crippen molar-refractivity contribution in [2.75, 3.05) is 39.9 Å². The first-order chi connectivity index (χ1) is 14.1. The summed E-state index contributed by atoms with van der Waals surface area (Å²) in [5.74, 6) is 0.293. The SMILES string of the molecule is CCOC(=O)C1=C(CN2CCCCC2)N(CC)C(=O)NC1c1cccc(OC)c1. The van der Waals surface area contributed by atoms with Gasteiger partial charge in [0.1, 0.15) is 5.75 Å². The molecule has 1 atom stereocenters. The average Bonchev–Trinajstić information content (AvgIpc) is 2.74. The molecule has 3 rings (SSSR count). The lowest BCUT2D eigenvalue weighted by atomic mass is 9.93. The molecule has 29 heavy (non-hydrogen) atoms. The average molecular weight is 402 g/mol. The van der Waals surface area contributed by atoms with E-state index in [4.69, 9.17) is 9.47 Å². The van der Waals surface area contributed by atoms with Crippen molar-refractivity contribution in [1.29, 1.82) is 0 Å². The van der Waals surface area contributed by atoms with Gasteiger partial charge in [0.15, 0.2) is 0 Å². The van der Waals surface area contributed by atoms with Gasteiger partial charge in [-0.05, 0) is 57.5 Å². The van der Waals surface area contributed by atoms with Crippen LogP contribution in [-0.4, -0.2) is 61.7 Å². The number of urea groups is 1. The third-order valence-electron chi connectivity index (χ3n) is 5.50. The number of methoxy groups -OCH3 is 1. The van der Waals surface area contributed by atoms with E-state index in [1.165, 1.54) is 6.42 Å². The monoisotopic (exact) mass is 401 g/mol. The van der Waals surface area contributed by atoms with Gasteiger partial charge in [-0.15, -0.1) is 0 Å². The molecule has 1 unspecified atom stereocenters. The van der Waals surface area contributed by atoms with Gasteiger partial charge in [0.2, 0.25) is 0 Å². The molecule has 1 saturated heterocycles. The Kier molecular flexibility index (Phi) is 7.14. The van der Waals surface area contributed by atoms with Gasteiger partial charge in [-0.3, -0.25) is 9.80 Å². The standard InChI is InChI=1S/C22H31N3O4/c1-4-25-18(15-24-12-7-6-8-13-24)19(21(26)29-5-2)20(23-22(25)27)16-10-9-11-17(14-16)28-3/h9-11,14,20H,4-8,12-13,15H2,1-3H3,(H,23,27).